The van der Waals surface area contributed by atoms with Crippen LogP contribution in [0, 0.1) is 30.1 Å². The summed E-state index contributed by atoms with van der Waals surface area (Å²) in [6, 6.07) is 0.667. The molecule has 118 valence electrons. The maximum Gasteiger partial charge on any atom is 0.109 e. The van der Waals surface area contributed by atoms with Gasteiger partial charge < -0.3 is 10.3 Å². The Morgan fingerprint density at radius 2 is 2.05 bits per heavy atom. The number of imidazole rings is 1. The summed E-state index contributed by atoms with van der Waals surface area (Å²) in [4.78, 5) is 8.18. The SMILES string of the molecule is Cc1[nH]c(C(C)C)nc1CN[C@@H]1C[C@@H]2C[C@H]([C@H]1C)C2(C)C. The van der Waals surface area contributed by atoms with E-state index in [9.17, 15) is 0 Å². The van der Waals surface area contributed by atoms with Gasteiger partial charge in [-0.05, 0) is 42.9 Å². The lowest BCUT2D eigenvalue weighted by Crippen LogP contribution is -2.59. The Labute approximate surface area is 129 Å². The number of nitrogens with zero attached hydrogens (tertiary/aromatic N) is 1. The van der Waals surface area contributed by atoms with E-state index in [0.717, 1.165) is 30.1 Å². The van der Waals surface area contributed by atoms with Gasteiger partial charge in [0.05, 0.1) is 5.69 Å². The molecular weight excluding hydrogens is 258 g/mol. The zero-order chi connectivity index (χ0) is 15.4. The van der Waals surface area contributed by atoms with Gasteiger partial charge in [0.15, 0.2) is 0 Å². The van der Waals surface area contributed by atoms with Crippen molar-refractivity contribution in [3.63, 3.8) is 0 Å². The molecule has 1 aromatic heterocycles. The molecule has 2 bridgehead atoms. The minimum atomic E-state index is 0.472. The molecule has 0 unspecified atom stereocenters. The first-order valence-electron chi connectivity index (χ1n) is 8.59. The summed E-state index contributed by atoms with van der Waals surface area (Å²) in [6.07, 6.45) is 2.79. The van der Waals surface area contributed by atoms with E-state index in [1.165, 1.54) is 24.2 Å². The summed E-state index contributed by atoms with van der Waals surface area (Å²) < 4.78 is 0. The van der Waals surface area contributed by atoms with Gasteiger partial charge >= 0.3 is 0 Å². The molecule has 0 radical (unpaired) electrons. The van der Waals surface area contributed by atoms with Crippen molar-refractivity contribution in [1.29, 1.82) is 0 Å². The Morgan fingerprint density at radius 1 is 1.33 bits per heavy atom. The van der Waals surface area contributed by atoms with Crippen molar-refractivity contribution in [2.24, 2.45) is 23.2 Å². The van der Waals surface area contributed by atoms with Gasteiger partial charge in [-0.15, -0.1) is 0 Å². The van der Waals surface area contributed by atoms with Crippen molar-refractivity contribution >= 4 is 0 Å². The average molecular weight is 289 g/mol. The molecule has 4 rings (SSSR count). The Hall–Kier alpha value is -0.830. The fourth-order valence-electron chi connectivity index (χ4n) is 4.61. The molecule has 1 heterocycles. The normalized spacial score (nSPS) is 34.0. The highest BCUT2D eigenvalue weighted by molar-refractivity contribution is 5.15. The summed E-state index contributed by atoms with van der Waals surface area (Å²) >= 11 is 0. The number of aromatic amines is 1. The van der Waals surface area contributed by atoms with Crippen LogP contribution in [0.15, 0.2) is 0 Å². The first-order valence-corrected chi connectivity index (χ1v) is 8.59. The van der Waals surface area contributed by atoms with Crippen LogP contribution in [0.4, 0.5) is 0 Å². The van der Waals surface area contributed by atoms with Crippen LogP contribution in [0.1, 0.15) is 70.6 Å². The van der Waals surface area contributed by atoms with Crippen molar-refractivity contribution < 1.29 is 0 Å². The molecule has 0 aromatic carbocycles. The number of rotatable bonds is 4. The zero-order valence-corrected chi connectivity index (χ0v) is 14.5. The highest BCUT2D eigenvalue weighted by Gasteiger charge is 2.55. The van der Waals surface area contributed by atoms with Crippen LogP contribution in [-0.4, -0.2) is 16.0 Å². The average Bonchev–Trinajstić information content (AvgIpc) is 2.78. The van der Waals surface area contributed by atoms with Gasteiger partial charge in [-0.3, -0.25) is 0 Å². The van der Waals surface area contributed by atoms with Crippen LogP contribution >= 0.6 is 0 Å². The summed E-state index contributed by atoms with van der Waals surface area (Å²) in [5, 5.41) is 3.80. The quantitative estimate of drug-likeness (QED) is 0.879. The lowest BCUT2D eigenvalue weighted by atomic mass is 9.45. The minimum absolute atomic E-state index is 0.472. The third-order valence-corrected chi connectivity index (χ3v) is 6.44. The molecule has 0 amide bonds. The van der Waals surface area contributed by atoms with E-state index in [4.69, 9.17) is 4.98 Å². The Morgan fingerprint density at radius 3 is 2.57 bits per heavy atom. The predicted octanol–water partition coefficient (Wildman–Crippen LogP) is 4.00. The molecule has 3 aliphatic carbocycles. The second kappa shape index (κ2) is 5.12. The molecule has 0 saturated heterocycles. The second-order valence-electron chi connectivity index (χ2n) is 8.29. The molecule has 4 atom stereocenters. The van der Waals surface area contributed by atoms with E-state index >= 15 is 0 Å². The minimum Gasteiger partial charge on any atom is -0.346 e. The van der Waals surface area contributed by atoms with Crippen LogP contribution in [0.25, 0.3) is 0 Å². The van der Waals surface area contributed by atoms with Gasteiger partial charge in [-0.25, -0.2) is 4.98 Å². The summed E-state index contributed by atoms with van der Waals surface area (Å²) in [5.74, 6) is 4.20. The molecule has 0 aliphatic heterocycles. The maximum absolute atomic E-state index is 4.76. The lowest BCUT2D eigenvalue weighted by Gasteiger charge is -2.62. The standard InChI is InChI=1S/C18H31N3/c1-10(2)17-20-12(4)16(21-17)9-19-15-8-13-7-14(11(15)3)18(13,5)6/h10-11,13-15,19H,7-9H2,1-6H3,(H,20,21)/t11-,13+,14-,15-/m1/s1. The Balaban J connectivity index is 1.62. The molecule has 21 heavy (non-hydrogen) atoms. The van der Waals surface area contributed by atoms with Crippen molar-refractivity contribution in [3.05, 3.63) is 17.2 Å². The third-order valence-electron chi connectivity index (χ3n) is 6.44. The monoisotopic (exact) mass is 289 g/mol. The highest BCUT2D eigenvalue weighted by atomic mass is 15.0. The Kier molecular flexibility index (Phi) is 3.67. The van der Waals surface area contributed by atoms with Crippen molar-refractivity contribution in [1.82, 2.24) is 15.3 Å². The second-order valence-corrected chi connectivity index (χ2v) is 8.29. The third kappa shape index (κ3) is 2.44. The van der Waals surface area contributed by atoms with Crippen molar-refractivity contribution in [3.8, 4) is 0 Å². The largest absolute Gasteiger partial charge is 0.346 e. The van der Waals surface area contributed by atoms with E-state index in [-0.39, 0.29) is 0 Å². The molecule has 2 N–H and O–H groups in total. The van der Waals surface area contributed by atoms with E-state index in [1.807, 2.05) is 0 Å². The number of nitrogens with one attached hydrogen (secondary N) is 2. The fraction of sp³-hybridized carbons (Fsp3) is 0.833. The van der Waals surface area contributed by atoms with Gasteiger partial charge in [-0.1, -0.05) is 34.6 Å². The van der Waals surface area contributed by atoms with Crippen LogP contribution in [-0.2, 0) is 6.54 Å². The van der Waals surface area contributed by atoms with Crippen molar-refractivity contribution in [2.75, 3.05) is 0 Å². The van der Waals surface area contributed by atoms with Gasteiger partial charge in [0.25, 0.3) is 0 Å². The van der Waals surface area contributed by atoms with E-state index in [0.29, 0.717) is 17.4 Å². The van der Waals surface area contributed by atoms with Crippen molar-refractivity contribution in [2.45, 2.75) is 72.9 Å². The number of fused-ring (bicyclic) bond motifs is 2. The number of H-pyrrole nitrogens is 1. The summed E-state index contributed by atoms with van der Waals surface area (Å²) in [6.45, 7) is 14.8. The predicted molar refractivity (Wildman–Crippen MR) is 87.2 cm³/mol. The topological polar surface area (TPSA) is 40.7 Å². The number of aromatic nitrogens is 2. The summed E-state index contributed by atoms with van der Waals surface area (Å²) in [7, 11) is 0. The lowest BCUT2D eigenvalue weighted by molar-refractivity contribution is -0.115. The molecular formula is C18H31N3. The molecule has 3 saturated carbocycles. The first kappa shape index (κ1) is 15.1. The fourth-order valence-corrected chi connectivity index (χ4v) is 4.61. The number of hydrogen-bond donors (Lipinski definition) is 2. The van der Waals surface area contributed by atoms with E-state index in [1.54, 1.807) is 0 Å². The van der Waals surface area contributed by atoms with Gasteiger partial charge in [0.1, 0.15) is 5.82 Å². The first-order chi connectivity index (χ1) is 9.80. The molecule has 0 spiro atoms. The van der Waals surface area contributed by atoms with E-state index in [2.05, 4.69) is 51.8 Å². The molecule has 3 nitrogen and oxygen atoms in total. The van der Waals surface area contributed by atoms with Crippen LogP contribution in [0.3, 0.4) is 0 Å². The molecule has 3 heteroatoms. The molecule has 1 aromatic rings. The van der Waals surface area contributed by atoms with Crippen LogP contribution in [0.5, 0.6) is 0 Å². The Bertz CT molecular complexity index is 515. The summed E-state index contributed by atoms with van der Waals surface area (Å²) in [5.41, 5.74) is 2.99. The van der Waals surface area contributed by atoms with Gasteiger partial charge in [0, 0.05) is 24.2 Å². The number of aryl methyl sites for hydroxylation is 1. The van der Waals surface area contributed by atoms with E-state index < -0.39 is 0 Å². The molecule has 3 fully saturated rings. The maximum atomic E-state index is 4.76. The van der Waals surface area contributed by atoms with Crippen LogP contribution < -0.4 is 5.32 Å². The highest BCUT2D eigenvalue weighted by Crippen LogP contribution is 2.61. The smallest absolute Gasteiger partial charge is 0.109 e. The van der Waals surface area contributed by atoms with Gasteiger partial charge in [0.2, 0.25) is 0 Å². The van der Waals surface area contributed by atoms with Gasteiger partial charge in [-0.2, -0.15) is 0 Å². The van der Waals surface area contributed by atoms with Crippen LogP contribution in [0.2, 0.25) is 0 Å². The zero-order valence-electron chi connectivity index (χ0n) is 14.5. The number of hydrogen-bond acceptors (Lipinski definition) is 2. The molecule has 3 aliphatic rings.